The number of rotatable bonds is 5. The van der Waals surface area contributed by atoms with Gasteiger partial charge in [-0.25, -0.2) is 9.69 Å². The van der Waals surface area contributed by atoms with Crippen molar-refractivity contribution >= 4 is 55.0 Å². The van der Waals surface area contributed by atoms with Crippen molar-refractivity contribution in [2.24, 2.45) is 0 Å². The first-order valence-electron chi connectivity index (χ1n) is 18.7. The quantitative estimate of drug-likeness (QED) is 0.165. The predicted octanol–water partition coefficient (Wildman–Crippen LogP) is 13.7. The summed E-state index contributed by atoms with van der Waals surface area (Å²) in [5, 5.41) is 23.8. The average molecular weight is 737 g/mol. The third-order valence-corrected chi connectivity index (χ3v) is 11.0. The Morgan fingerprint density at radius 1 is 0.414 bits per heavy atom. The highest BCUT2D eigenvalue weighted by molar-refractivity contribution is 6.13. The van der Waals surface area contributed by atoms with E-state index in [0.717, 1.165) is 77.0 Å². The molecule has 10 rings (SSSR count). The van der Waals surface area contributed by atoms with Crippen molar-refractivity contribution in [3.63, 3.8) is 0 Å². The summed E-state index contributed by atoms with van der Waals surface area (Å²) >= 11 is 0. The summed E-state index contributed by atoms with van der Waals surface area (Å²) in [6, 6.07) is 60.7. The van der Waals surface area contributed by atoms with Gasteiger partial charge in [0, 0.05) is 21.5 Å². The minimum Gasteiger partial charge on any atom is -0.319 e. The summed E-state index contributed by atoms with van der Waals surface area (Å²) in [7, 11) is 0. The molecule has 0 spiro atoms. The molecule has 58 heavy (non-hydrogen) atoms. The van der Waals surface area contributed by atoms with Gasteiger partial charge in [-0.1, -0.05) is 109 Å². The molecule has 0 unspecified atom stereocenters. The second-order valence-corrected chi connectivity index (χ2v) is 14.2. The molecule has 0 aliphatic heterocycles. The molecule has 0 fully saturated rings. The van der Waals surface area contributed by atoms with E-state index in [1.165, 1.54) is 0 Å². The molecule has 0 aliphatic rings. The van der Waals surface area contributed by atoms with E-state index in [0.29, 0.717) is 33.9 Å². The number of hydrogen-bond donors (Lipinski definition) is 0. The molecule has 2 aromatic heterocycles. The Hall–Kier alpha value is -8.68. The highest BCUT2D eigenvalue weighted by atomic mass is 15.1. The highest BCUT2D eigenvalue weighted by Crippen LogP contribution is 2.46. The molecule has 0 saturated heterocycles. The van der Waals surface area contributed by atoms with Crippen molar-refractivity contribution in [1.29, 1.82) is 10.5 Å². The minimum absolute atomic E-state index is 0.447. The molecule has 266 valence electrons. The molecule has 2 heterocycles. The molecule has 6 nitrogen and oxygen atoms in total. The lowest BCUT2D eigenvalue weighted by atomic mass is 9.98. The van der Waals surface area contributed by atoms with E-state index in [1.807, 2.05) is 91.0 Å². The number of nitrogens with zero attached hydrogens (tertiary/aromatic N) is 6. The van der Waals surface area contributed by atoms with Crippen molar-refractivity contribution in [2.75, 3.05) is 0 Å². The summed E-state index contributed by atoms with van der Waals surface area (Å²) < 4.78 is 4.38. The van der Waals surface area contributed by atoms with Crippen LogP contribution in [-0.4, -0.2) is 9.13 Å². The Kier molecular flexibility index (Phi) is 7.92. The van der Waals surface area contributed by atoms with Gasteiger partial charge in [-0.15, -0.1) is 0 Å². The zero-order valence-corrected chi connectivity index (χ0v) is 30.8. The molecule has 0 N–H and O–H groups in total. The first kappa shape index (κ1) is 33.9. The van der Waals surface area contributed by atoms with Gasteiger partial charge in [-0.2, -0.15) is 10.5 Å². The average Bonchev–Trinajstić information content (AvgIpc) is 3.80. The third-order valence-electron chi connectivity index (χ3n) is 11.0. The predicted molar refractivity (Wildman–Crippen MR) is 233 cm³/mol. The van der Waals surface area contributed by atoms with Gasteiger partial charge in [-0.05, 0) is 94.0 Å². The molecule has 0 saturated carbocycles. The third kappa shape index (κ3) is 5.31. The number of fused-ring (bicyclic) bond motifs is 6. The van der Waals surface area contributed by atoms with Crippen LogP contribution in [0.3, 0.4) is 0 Å². The van der Waals surface area contributed by atoms with Gasteiger partial charge < -0.3 is 9.13 Å². The van der Waals surface area contributed by atoms with E-state index in [1.54, 1.807) is 12.1 Å². The lowest BCUT2D eigenvalue weighted by Gasteiger charge is -2.20. The number of hydrogen-bond acceptors (Lipinski definition) is 2. The first-order chi connectivity index (χ1) is 28.6. The van der Waals surface area contributed by atoms with Crippen molar-refractivity contribution in [1.82, 2.24) is 9.13 Å². The van der Waals surface area contributed by atoms with E-state index in [-0.39, 0.29) is 0 Å². The monoisotopic (exact) mass is 736 g/mol. The van der Waals surface area contributed by atoms with Crippen LogP contribution in [-0.2, 0) is 0 Å². The van der Waals surface area contributed by atoms with Gasteiger partial charge in [0.1, 0.15) is 0 Å². The highest BCUT2D eigenvalue weighted by Gasteiger charge is 2.25. The summed E-state index contributed by atoms with van der Waals surface area (Å²) in [6.45, 7) is 16.7. The van der Waals surface area contributed by atoms with Gasteiger partial charge in [-0.3, -0.25) is 0 Å². The lowest BCUT2D eigenvalue weighted by molar-refractivity contribution is 1.15. The zero-order valence-electron chi connectivity index (χ0n) is 30.8. The van der Waals surface area contributed by atoms with E-state index in [2.05, 4.69) is 97.7 Å². The molecule has 0 amide bonds. The van der Waals surface area contributed by atoms with Crippen LogP contribution in [0.2, 0.25) is 0 Å². The molecule has 0 radical (unpaired) electrons. The van der Waals surface area contributed by atoms with E-state index >= 15 is 0 Å². The van der Waals surface area contributed by atoms with E-state index in [4.69, 9.17) is 13.1 Å². The van der Waals surface area contributed by atoms with Crippen LogP contribution < -0.4 is 0 Å². The SMILES string of the molecule is [C-]#[N+]c1cccc(-c2ccc3c4ccccc4n(-c4c(-c5cccc(C#N)c5)ccc(-n5c6ccccc6c6ccc(-c7cccc(C#N)c7)cc65)c4[N+]#[C-])c3c2)c1. The van der Waals surface area contributed by atoms with Gasteiger partial charge in [0.05, 0.1) is 69.9 Å². The summed E-state index contributed by atoms with van der Waals surface area (Å²) in [5.41, 5.74) is 12.7. The van der Waals surface area contributed by atoms with Crippen molar-refractivity contribution in [3.05, 3.63) is 204 Å². The van der Waals surface area contributed by atoms with E-state index in [9.17, 15) is 10.5 Å². The van der Waals surface area contributed by atoms with Crippen LogP contribution in [0.25, 0.3) is 98.1 Å². The Morgan fingerprint density at radius 3 is 1.55 bits per heavy atom. The van der Waals surface area contributed by atoms with Crippen molar-refractivity contribution in [2.45, 2.75) is 0 Å². The van der Waals surface area contributed by atoms with Crippen LogP contribution >= 0.6 is 0 Å². The number of benzene rings is 8. The maximum absolute atomic E-state index is 9.98. The largest absolute Gasteiger partial charge is 0.319 e. The Balaban J connectivity index is 1.34. The second kappa shape index (κ2) is 13.6. The Bertz CT molecular complexity index is 3520. The van der Waals surface area contributed by atoms with Gasteiger partial charge in [0.25, 0.3) is 0 Å². The fourth-order valence-electron chi connectivity index (χ4n) is 8.40. The van der Waals surface area contributed by atoms with Crippen LogP contribution in [0, 0.1) is 35.8 Å². The molecular weight excluding hydrogens is 709 g/mol. The fraction of sp³-hybridized carbons (Fsp3) is 0. The maximum atomic E-state index is 9.98. The first-order valence-corrected chi connectivity index (χ1v) is 18.7. The Labute approximate surface area is 334 Å². The number of nitriles is 2. The molecule has 8 aromatic carbocycles. The van der Waals surface area contributed by atoms with Gasteiger partial charge in [0.2, 0.25) is 5.69 Å². The van der Waals surface area contributed by atoms with Gasteiger partial charge in [0.15, 0.2) is 5.69 Å². The summed E-state index contributed by atoms with van der Waals surface area (Å²) in [4.78, 5) is 8.10. The molecule has 0 atom stereocenters. The zero-order chi connectivity index (χ0) is 39.3. The fourth-order valence-corrected chi connectivity index (χ4v) is 8.40. The van der Waals surface area contributed by atoms with Crippen molar-refractivity contribution < 1.29 is 0 Å². The topological polar surface area (TPSA) is 66.2 Å². The smallest absolute Gasteiger partial charge is 0.234 e. The Morgan fingerprint density at radius 2 is 0.931 bits per heavy atom. The van der Waals surface area contributed by atoms with E-state index < -0.39 is 0 Å². The second-order valence-electron chi connectivity index (χ2n) is 14.2. The summed E-state index contributed by atoms with van der Waals surface area (Å²) in [5.74, 6) is 0. The number of aromatic nitrogens is 2. The maximum Gasteiger partial charge on any atom is 0.234 e. The molecule has 6 heteroatoms. The van der Waals surface area contributed by atoms with Crippen molar-refractivity contribution in [3.8, 4) is 56.9 Å². The normalized spacial score (nSPS) is 11.0. The van der Waals surface area contributed by atoms with Crippen LogP contribution in [0.1, 0.15) is 11.1 Å². The molecule has 0 bridgehead atoms. The van der Waals surface area contributed by atoms with Gasteiger partial charge >= 0.3 is 0 Å². The molecular formula is C52H28N6. The number of para-hydroxylation sites is 2. The lowest BCUT2D eigenvalue weighted by Crippen LogP contribution is -2.03. The standard InChI is InChI=1S/C52H28N6/c1-55-40-15-9-13-36(28-40)38-21-23-45-43-17-4-6-19-47(43)58(50(45)30-38)52-41(39-14-8-11-34(27-39)32-54)24-25-48(51(52)56-2)57-46-18-5-3-16-42(46)44-22-20-37(29-49(44)57)35-12-7-10-33(26-35)31-53/h3-30H. The minimum atomic E-state index is 0.447. The molecule has 0 aliphatic carbocycles. The van der Waals surface area contributed by atoms with Crippen LogP contribution in [0.5, 0.6) is 0 Å². The van der Waals surface area contributed by atoms with Crippen LogP contribution in [0.15, 0.2) is 170 Å². The summed E-state index contributed by atoms with van der Waals surface area (Å²) in [6.07, 6.45) is 0. The van der Waals surface area contributed by atoms with Crippen LogP contribution in [0.4, 0.5) is 11.4 Å². The molecule has 10 aromatic rings.